The van der Waals surface area contributed by atoms with Crippen LogP contribution in [-0.4, -0.2) is 42.6 Å². The third kappa shape index (κ3) is 3.94. The van der Waals surface area contributed by atoms with E-state index < -0.39 is 0 Å². The van der Waals surface area contributed by atoms with Crippen molar-refractivity contribution in [3.05, 3.63) is 0 Å². The molecule has 0 aromatic rings. The minimum Gasteiger partial charge on any atom is -0.379 e. The van der Waals surface area contributed by atoms with Crippen LogP contribution >= 0.6 is 11.6 Å². The molecule has 1 aliphatic heterocycles. The normalized spacial score (nSPS) is 22.1. The minimum absolute atomic E-state index is 0.0999. The van der Waals surface area contributed by atoms with Gasteiger partial charge in [-0.2, -0.15) is 0 Å². The molecular formula is C8H16ClNO. The standard InChI is InChI=1S/C8H16ClNO/c1-8(2,9)7-10-3-5-11-6-4-10/h3-7H2,1-2H3. The zero-order valence-electron chi connectivity index (χ0n) is 7.27. The molecular weight excluding hydrogens is 162 g/mol. The molecule has 3 heteroatoms. The van der Waals surface area contributed by atoms with Crippen LogP contribution in [0.4, 0.5) is 0 Å². The Morgan fingerprint density at radius 3 is 2.36 bits per heavy atom. The molecule has 0 unspecified atom stereocenters. The average Bonchev–Trinajstić information content (AvgIpc) is 1.85. The number of ether oxygens (including phenoxy) is 1. The first-order valence-electron chi connectivity index (χ1n) is 4.07. The highest BCUT2D eigenvalue weighted by Gasteiger charge is 2.19. The Hall–Kier alpha value is 0.210. The van der Waals surface area contributed by atoms with E-state index in [0.29, 0.717) is 0 Å². The fourth-order valence-corrected chi connectivity index (χ4v) is 1.46. The van der Waals surface area contributed by atoms with Crippen molar-refractivity contribution in [3.8, 4) is 0 Å². The van der Waals surface area contributed by atoms with Crippen LogP contribution in [0.15, 0.2) is 0 Å². The van der Waals surface area contributed by atoms with Crippen molar-refractivity contribution in [1.82, 2.24) is 4.90 Å². The van der Waals surface area contributed by atoms with Gasteiger partial charge in [-0.3, -0.25) is 4.90 Å². The quantitative estimate of drug-likeness (QED) is 0.591. The second kappa shape index (κ2) is 3.74. The van der Waals surface area contributed by atoms with E-state index in [2.05, 4.69) is 4.90 Å². The molecule has 1 aliphatic rings. The summed E-state index contributed by atoms with van der Waals surface area (Å²) in [6.07, 6.45) is 0. The molecule has 0 atom stereocenters. The molecule has 0 aromatic carbocycles. The summed E-state index contributed by atoms with van der Waals surface area (Å²) in [5.41, 5.74) is 0. The van der Waals surface area contributed by atoms with Crippen molar-refractivity contribution in [2.24, 2.45) is 0 Å². The predicted octanol–water partition coefficient (Wildman–Crippen LogP) is 1.34. The number of halogens is 1. The van der Waals surface area contributed by atoms with E-state index in [0.717, 1.165) is 32.8 Å². The molecule has 0 spiro atoms. The largest absolute Gasteiger partial charge is 0.379 e. The first-order valence-corrected chi connectivity index (χ1v) is 4.45. The van der Waals surface area contributed by atoms with Crippen LogP contribution in [0.2, 0.25) is 0 Å². The molecule has 1 rings (SSSR count). The highest BCUT2D eigenvalue weighted by atomic mass is 35.5. The number of rotatable bonds is 2. The second-order valence-corrected chi connectivity index (χ2v) is 4.63. The highest BCUT2D eigenvalue weighted by molar-refractivity contribution is 6.23. The molecule has 2 nitrogen and oxygen atoms in total. The molecule has 1 fully saturated rings. The molecule has 66 valence electrons. The lowest BCUT2D eigenvalue weighted by atomic mass is 10.2. The molecule has 1 saturated heterocycles. The van der Waals surface area contributed by atoms with Gasteiger partial charge in [0.2, 0.25) is 0 Å². The van der Waals surface area contributed by atoms with Crippen LogP contribution in [-0.2, 0) is 4.74 Å². The molecule has 0 saturated carbocycles. The van der Waals surface area contributed by atoms with Crippen molar-refractivity contribution < 1.29 is 4.74 Å². The van der Waals surface area contributed by atoms with Crippen molar-refractivity contribution in [2.45, 2.75) is 18.7 Å². The fraction of sp³-hybridized carbons (Fsp3) is 1.00. The van der Waals surface area contributed by atoms with Gasteiger partial charge in [0.1, 0.15) is 0 Å². The Morgan fingerprint density at radius 2 is 1.91 bits per heavy atom. The number of hydrogen-bond donors (Lipinski definition) is 0. The Morgan fingerprint density at radius 1 is 1.36 bits per heavy atom. The first-order chi connectivity index (χ1) is 5.08. The van der Waals surface area contributed by atoms with Gasteiger partial charge in [-0.05, 0) is 13.8 Å². The molecule has 0 amide bonds. The maximum atomic E-state index is 6.08. The molecule has 0 radical (unpaired) electrons. The summed E-state index contributed by atoms with van der Waals surface area (Å²) in [4.78, 5) is 2.24. The van der Waals surface area contributed by atoms with Crippen LogP contribution in [0.25, 0.3) is 0 Å². The van der Waals surface area contributed by atoms with Gasteiger partial charge in [-0.15, -0.1) is 11.6 Å². The lowest BCUT2D eigenvalue weighted by Gasteiger charge is -2.31. The molecule has 0 aromatic heterocycles. The minimum atomic E-state index is -0.0999. The van der Waals surface area contributed by atoms with E-state index in [1.54, 1.807) is 0 Å². The van der Waals surface area contributed by atoms with Gasteiger partial charge in [-0.1, -0.05) is 0 Å². The molecule has 11 heavy (non-hydrogen) atoms. The summed E-state index contributed by atoms with van der Waals surface area (Å²) in [5.74, 6) is 0. The lowest BCUT2D eigenvalue weighted by Crippen LogP contribution is -2.42. The zero-order valence-corrected chi connectivity index (χ0v) is 8.02. The van der Waals surface area contributed by atoms with Crippen molar-refractivity contribution in [2.75, 3.05) is 32.8 Å². The zero-order chi connectivity index (χ0) is 8.32. The van der Waals surface area contributed by atoms with E-state index in [4.69, 9.17) is 16.3 Å². The van der Waals surface area contributed by atoms with Gasteiger partial charge in [-0.25, -0.2) is 0 Å². The van der Waals surface area contributed by atoms with E-state index in [9.17, 15) is 0 Å². The van der Waals surface area contributed by atoms with Gasteiger partial charge in [0.05, 0.1) is 18.1 Å². The SMILES string of the molecule is CC(C)(Cl)CN1CCOCC1. The number of alkyl halides is 1. The van der Waals surface area contributed by atoms with Gasteiger partial charge in [0.15, 0.2) is 0 Å². The van der Waals surface area contributed by atoms with Crippen LogP contribution in [0.5, 0.6) is 0 Å². The van der Waals surface area contributed by atoms with Gasteiger partial charge in [0, 0.05) is 19.6 Å². The van der Waals surface area contributed by atoms with E-state index in [1.165, 1.54) is 0 Å². The summed E-state index contributed by atoms with van der Waals surface area (Å²) in [6.45, 7) is 8.80. The maximum Gasteiger partial charge on any atom is 0.0594 e. The number of hydrogen-bond acceptors (Lipinski definition) is 2. The van der Waals surface area contributed by atoms with Gasteiger partial charge >= 0.3 is 0 Å². The third-order valence-corrected chi connectivity index (χ3v) is 1.82. The summed E-state index contributed by atoms with van der Waals surface area (Å²) < 4.78 is 5.23. The highest BCUT2D eigenvalue weighted by Crippen LogP contribution is 2.14. The van der Waals surface area contributed by atoms with Crippen LogP contribution in [0.3, 0.4) is 0 Å². The fourth-order valence-electron chi connectivity index (χ4n) is 1.29. The van der Waals surface area contributed by atoms with E-state index in [-0.39, 0.29) is 4.87 Å². The molecule has 0 bridgehead atoms. The number of morpholine rings is 1. The number of nitrogens with zero attached hydrogens (tertiary/aromatic N) is 1. The second-order valence-electron chi connectivity index (χ2n) is 3.61. The molecule has 0 aliphatic carbocycles. The Labute approximate surface area is 73.5 Å². The predicted molar refractivity (Wildman–Crippen MR) is 47.2 cm³/mol. The monoisotopic (exact) mass is 177 g/mol. The topological polar surface area (TPSA) is 12.5 Å². The Balaban J connectivity index is 2.24. The van der Waals surface area contributed by atoms with Crippen LogP contribution in [0.1, 0.15) is 13.8 Å². The smallest absolute Gasteiger partial charge is 0.0594 e. The van der Waals surface area contributed by atoms with Crippen molar-refractivity contribution >= 4 is 11.6 Å². The summed E-state index contributed by atoms with van der Waals surface area (Å²) in [6, 6.07) is 0. The Bertz CT molecular complexity index is 116. The lowest BCUT2D eigenvalue weighted by molar-refractivity contribution is 0.0346. The summed E-state index contributed by atoms with van der Waals surface area (Å²) in [5, 5.41) is 0. The van der Waals surface area contributed by atoms with Crippen LogP contribution < -0.4 is 0 Å². The average molecular weight is 178 g/mol. The summed E-state index contributed by atoms with van der Waals surface area (Å²) in [7, 11) is 0. The van der Waals surface area contributed by atoms with E-state index >= 15 is 0 Å². The van der Waals surface area contributed by atoms with Crippen molar-refractivity contribution in [3.63, 3.8) is 0 Å². The first kappa shape index (κ1) is 9.30. The molecule has 0 N–H and O–H groups in total. The van der Waals surface area contributed by atoms with E-state index in [1.807, 2.05) is 13.8 Å². The van der Waals surface area contributed by atoms with Gasteiger partial charge in [0.25, 0.3) is 0 Å². The maximum absolute atomic E-state index is 6.08. The van der Waals surface area contributed by atoms with Crippen molar-refractivity contribution in [1.29, 1.82) is 0 Å². The van der Waals surface area contributed by atoms with Crippen LogP contribution in [0, 0.1) is 0 Å². The third-order valence-electron chi connectivity index (χ3n) is 1.70. The van der Waals surface area contributed by atoms with Gasteiger partial charge < -0.3 is 4.74 Å². The molecule has 1 heterocycles. The Kier molecular flexibility index (Phi) is 3.16. The summed E-state index contributed by atoms with van der Waals surface area (Å²) >= 11 is 6.08.